The van der Waals surface area contributed by atoms with Gasteiger partial charge in [-0.05, 0) is 44.4 Å². The van der Waals surface area contributed by atoms with Crippen molar-refractivity contribution < 1.29 is 14.7 Å². The molecule has 2 rings (SSSR count). The zero-order valence-corrected chi connectivity index (χ0v) is 13.4. The third kappa shape index (κ3) is 3.50. The SMILES string of the molecule is CCC1CCN(C(=O)N2CC(C)CCC2C)C(C(=O)O)C1. The van der Waals surface area contributed by atoms with Crippen molar-refractivity contribution in [2.24, 2.45) is 11.8 Å². The van der Waals surface area contributed by atoms with E-state index in [0.29, 0.717) is 24.8 Å². The predicted molar refractivity (Wildman–Crippen MR) is 81.1 cm³/mol. The van der Waals surface area contributed by atoms with Crippen LogP contribution in [0.25, 0.3) is 0 Å². The van der Waals surface area contributed by atoms with Crippen LogP contribution in [0.4, 0.5) is 4.79 Å². The number of hydrogen-bond acceptors (Lipinski definition) is 2. The van der Waals surface area contributed by atoms with Gasteiger partial charge in [-0.25, -0.2) is 9.59 Å². The number of nitrogens with zero attached hydrogens (tertiary/aromatic N) is 2. The lowest BCUT2D eigenvalue weighted by molar-refractivity contribution is -0.144. The summed E-state index contributed by atoms with van der Waals surface area (Å²) in [7, 11) is 0. The molecule has 0 saturated carbocycles. The molecule has 0 bridgehead atoms. The van der Waals surface area contributed by atoms with Gasteiger partial charge >= 0.3 is 12.0 Å². The van der Waals surface area contributed by atoms with Crippen LogP contribution in [-0.2, 0) is 4.79 Å². The molecule has 120 valence electrons. The Hall–Kier alpha value is -1.26. The van der Waals surface area contributed by atoms with E-state index in [0.717, 1.165) is 32.2 Å². The summed E-state index contributed by atoms with van der Waals surface area (Å²) in [6.07, 6.45) is 4.66. The number of carbonyl (C=O) groups is 2. The molecule has 5 heteroatoms. The number of rotatable bonds is 2. The van der Waals surface area contributed by atoms with Crippen LogP contribution in [0.5, 0.6) is 0 Å². The fraction of sp³-hybridized carbons (Fsp3) is 0.875. The van der Waals surface area contributed by atoms with Crippen LogP contribution >= 0.6 is 0 Å². The molecule has 2 saturated heterocycles. The maximum Gasteiger partial charge on any atom is 0.326 e. The number of likely N-dealkylation sites (tertiary alicyclic amines) is 2. The van der Waals surface area contributed by atoms with Crippen molar-refractivity contribution in [2.75, 3.05) is 13.1 Å². The molecule has 2 aliphatic rings. The van der Waals surface area contributed by atoms with Gasteiger partial charge in [-0.3, -0.25) is 0 Å². The average Bonchev–Trinajstić information content (AvgIpc) is 2.48. The Labute approximate surface area is 127 Å². The molecule has 0 aromatic carbocycles. The number of carboxylic acid groups (broad SMARTS) is 1. The highest BCUT2D eigenvalue weighted by atomic mass is 16.4. The number of hydrogen-bond donors (Lipinski definition) is 1. The summed E-state index contributed by atoms with van der Waals surface area (Å²) in [6.45, 7) is 7.64. The Morgan fingerprint density at radius 2 is 1.86 bits per heavy atom. The molecule has 0 aromatic rings. The van der Waals surface area contributed by atoms with E-state index in [1.807, 2.05) is 4.90 Å². The van der Waals surface area contributed by atoms with Crippen LogP contribution in [0.2, 0.25) is 0 Å². The Morgan fingerprint density at radius 1 is 1.14 bits per heavy atom. The second kappa shape index (κ2) is 6.67. The lowest BCUT2D eigenvalue weighted by atomic mass is 9.88. The molecule has 2 aliphatic heterocycles. The fourth-order valence-electron chi connectivity index (χ4n) is 3.59. The van der Waals surface area contributed by atoms with Crippen molar-refractivity contribution in [3.8, 4) is 0 Å². The van der Waals surface area contributed by atoms with E-state index in [1.165, 1.54) is 0 Å². The van der Waals surface area contributed by atoms with Gasteiger partial charge in [0.05, 0.1) is 0 Å². The minimum atomic E-state index is -0.862. The minimum Gasteiger partial charge on any atom is -0.480 e. The topological polar surface area (TPSA) is 60.9 Å². The van der Waals surface area contributed by atoms with Gasteiger partial charge in [0.2, 0.25) is 0 Å². The second-order valence-electron chi connectivity index (χ2n) is 6.81. The summed E-state index contributed by atoms with van der Waals surface area (Å²) in [5.74, 6) is 0.0636. The van der Waals surface area contributed by atoms with Crippen LogP contribution in [0.3, 0.4) is 0 Å². The van der Waals surface area contributed by atoms with Gasteiger partial charge in [-0.15, -0.1) is 0 Å². The molecule has 21 heavy (non-hydrogen) atoms. The van der Waals surface area contributed by atoms with E-state index in [-0.39, 0.29) is 12.1 Å². The van der Waals surface area contributed by atoms with Gasteiger partial charge in [0.15, 0.2) is 0 Å². The molecule has 1 N–H and O–H groups in total. The first kappa shape index (κ1) is 16.1. The molecule has 0 spiro atoms. The van der Waals surface area contributed by atoms with Crippen LogP contribution in [0.1, 0.15) is 52.9 Å². The van der Waals surface area contributed by atoms with Crippen molar-refractivity contribution in [1.82, 2.24) is 9.80 Å². The first-order valence-electron chi connectivity index (χ1n) is 8.24. The zero-order valence-electron chi connectivity index (χ0n) is 13.4. The van der Waals surface area contributed by atoms with Gasteiger partial charge in [-0.1, -0.05) is 20.3 Å². The molecule has 4 atom stereocenters. The van der Waals surface area contributed by atoms with Gasteiger partial charge in [-0.2, -0.15) is 0 Å². The van der Waals surface area contributed by atoms with E-state index < -0.39 is 12.0 Å². The zero-order chi connectivity index (χ0) is 15.6. The minimum absolute atomic E-state index is 0.0731. The van der Waals surface area contributed by atoms with Gasteiger partial charge < -0.3 is 14.9 Å². The third-order valence-corrected chi connectivity index (χ3v) is 5.18. The van der Waals surface area contributed by atoms with Crippen molar-refractivity contribution in [3.63, 3.8) is 0 Å². The summed E-state index contributed by atoms with van der Waals surface area (Å²) < 4.78 is 0. The normalized spacial score (nSPS) is 33.9. The summed E-state index contributed by atoms with van der Waals surface area (Å²) in [5.41, 5.74) is 0. The molecular formula is C16H28N2O3. The Balaban J connectivity index is 2.10. The average molecular weight is 296 g/mol. The Morgan fingerprint density at radius 3 is 2.48 bits per heavy atom. The Bertz CT molecular complexity index is 399. The number of amides is 2. The summed E-state index contributed by atoms with van der Waals surface area (Å²) >= 11 is 0. The number of carboxylic acids is 1. The van der Waals surface area contributed by atoms with Crippen molar-refractivity contribution >= 4 is 12.0 Å². The molecule has 2 fully saturated rings. The molecule has 0 aromatic heterocycles. The lowest BCUT2D eigenvalue weighted by Gasteiger charge is -2.44. The van der Waals surface area contributed by atoms with Crippen molar-refractivity contribution in [2.45, 2.75) is 65.0 Å². The predicted octanol–water partition coefficient (Wildman–Crippen LogP) is 2.80. The van der Waals surface area contributed by atoms with Gasteiger partial charge in [0, 0.05) is 19.1 Å². The van der Waals surface area contributed by atoms with Gasteiger partial charge in [0.1, 0.15) is 6.04 Å². The largest absolute Gasteiger partial charge is 0.480 e. The summed E-state index contributed by atoms with van der Waals surface area (Å²) in [4.78, 5) is 27.8. The van der Waals surface area contributed by atoms with Gasteiger partial charge in [0.25, 0.3) is 0 Å². The molecule has 2 amide bonds. The molecule has 0 radical (unpaired) electrons. The van der Waals surface area contributed by atoms with E-state index in [4.69, 9.17) is 0 Å². The van der Waals surface area contributed by atoms with Crippen LogP contribution < -0.4 is 0 Å². The summed E-state index contributed by atoms with van der Waals surface area (Å²) in [6, 6.07) is -0.510. The van der Waals surface area contributed by atoms with Crippen molar-refractivity contribution in [3.05, 3.63) is 0 Å². The number of urea groups is 1. The maximum absolute atomic E-state index is 12.8. The number of piperidine rings is 2. The Kier molecular flexibility index (Phi) is 5.12. The molecular weight excluding hydrogens is 268 g/mol. The highest BCUT2D eigenvalue weighted by Crippen LogP contribution is 2.29. The third-order valence-electron chi connectivity index (χ3n) is 5.18. The summed E-state index contributed by atoms with van der Waals surface area (Å²) in [5, 5.41) is 9.47. The molecule has 2 heterocycles. The lowest BCUT2D eigenvalue weighted by Crippen LogP contribution is -2.57. The maximum atomic E-state index is 12.8. The number of aliphatic carboxylic acids is 1. The standard InChI is InChI=1S/C16H28N2O3/c1-4-13-7-8-17(14(9-13)15(19)20)16(21)18-10-11(2)5-6-12(18)3/h11-14H,4-10H2,1-3H3,(H,19,20). The van der Waals surface area contributed by atoms with E-state index in [2.05, 4.69) is 20.8 Å². The van der Waals surface area contributed by atoms with Crippen molar-refractivity contribution in [1.29, 1.82) is 0 Å². The molecule has 0 aliphatic carbocycles. The first-order valence-corrected chi connectivity index (χ1v) is 8.24. The van der Waals surface area contributed by atoms with E-state index in [9.17, 15) is 14.7 Å². The smallest absolute Gasteiger partial charge is 0.326 e. The number of carbonyl (C=O) groups excluding carboxylic acids is 1. The van der Waals surface area contributed by atoms with Crippen LogP contribution in [0.15, 0.2) is 0 Å². The van der Waals surface area contributed by atoms with E-state index in [1.54, 1.807) is 4.90 Å². The molecule has 5 nitrogen and oxygen atoms in total. The fourth-order valence-corrected chi connectivity index (χ4v) is 3.59. The second-order valence-corrected chi connectivity index (χ2v) is 6.81. The first-order chi connectivity index (χ1) is 9.93. The quantitative estimate of drug-likeness (QED) is 0.852. The highest BCUT2D eigenvalue weighted by Gasteiger charge is 2.39. The molecule has 4 unspecified atom stereocenters. The van der Waals surface area contributed by atoms with Crippen LogP contribution in [-0.4, -0.2) is 52.1 Å². The van der Waals surface area contributed by atoms with E-state index >= 15 is 0 Å². The highest BCUT2D eigenvalue weighted by molar-refractivity contribution is 5.83. The monoisotopic (exact) mass is 296 g/mol. The van der Waals surface area contributed by atoms with Crippen LogP contribution in [0, 0.1) is 11.8 Å².